The van der Waals surface area contributed by atoms with Crippen molar-refractivity contribution in [1.29, 1.82) is 0 Å². The molecule has 2 heterocycles. The Hall–Kier alpha value is -3.06. The first kappa shape index (κ1) is 24.1. The molecule has 7 heteroatoms. The zero-order valence-corrected chi connectivity index (χ0v) is 20.1. The first-order valence-corrected chi connectivity index (χ1v) is 12.4. The van der Waals surface area contributed by atoms with Crippen molar-refractivity contribution in [3.05, 3.63) is 54.1 Å². The van der Waals surface area contributed by atoms with Gasteiger partial charge in [-0.05, 0) is 62.2 Å². The molecule has 2 fully saturated rings. The number of nitrogens with zero attached hydrogens (tertiary/aromatic N) is 3. The molecule has 2 aliphatic heterocycles. The smallest absolute Gasteiger partial charge is 0.223 e. The number of rotatable bonds is 9. The lowest BCUT2D eigenvalue weighted by Gasteiger charge is -2.36. The summed E-state index contributed by atoms with van der Waals surface area (Å²) in [4.78, 5) is 30.6. The number of anilines is 2. The SMILES string of the molecule is COc1ccccc1N1CCN(CCCNC(=O)C2CCN(c3ccc(C=O)cc3)CC2)CC1. The van der Waals surface area contributed by atoms with E-state index in [1.54, 1.807) is 7.11 Å². The molecule has 2 aromatic rings. The summed E-state index contributed by atoms with van der Waals surface area (Å²) in [6.07, 6.45) is 3.57. The maximum atomic E-state index is 12.6. The minimum atomic E-state index is 0.0925. The van der Waals surface area contributed by atoms with Gasteiger partial charge in [-0.3, -0.25) is 14.5 Å². The number of piperazine rings is 1. The van der Waals surface area contributed by atoms with Crippen molar-refractivity contribution in [3.63, 3.8) is 0 Å². The van der Waals surface area contributed by atoms with E-state index in [-0.39, 0.29) is 11.8 Å². The lowest BCUT2D eigenvalue weighted by atomic mass is 9.95. The number of para-hydroxylation sites is 2. The van der Waals surface area contributed by atoms with E-state index < -0.39 is 0 Å². The molecule has 7 nitrogen and oxygen atoms in total. The highest BCUT2D eigenvalue weighted by Crippen LogP contribution is 2.28. The van der Waals surface area contributed by atoms with Gasteiger partial charge < -0.3 is 19.9 Å². The van der Waals surface area contributed by atoms with Crippen LogP contribution in [0.2, 0.25) is 0 Å². The molecule has 2 aliphatic rings. The van der Waals surface area contributed by atoms with Gasteiger partial charge in [0.1, 0.15) is 12.0 Å². The van der Waals surface area contributed by atoms with Gasteiger partial charge in [0.15, 0.2) is 0 Å². The van der Waals surface area contributed by atoms with E-state index in [4.69, 9.17) is 4.74 Å². The number of nitrogens with one attached hydrogen (secondary N) is 1. The number of hydrogen-bond donors (Lipinski definition) is 1. The van der Waals surface area contributed by atoms with Crippen LogP contribution in [-0.2, 0) is 4.79 Å². The van der Waals surface area contributed by atoms with E-state index in [0.29, 0.717) is 5.56 Å². The minimum Gasteiger partial charge on any atom is -0.495 e. The van der Waals surface area contributed by atoms with E-state index >= 15 is 0 Å². The third-order valence-corrected chi connectivity index (χ3v) is 7.01. The van der Waals surface area contributed by atoms with Gasteiger partial charge in [0, 0.05) is 63.0 Å². The normalized spacial score (nSPS) is 17.4. The number of ether oxygens (including phenoxy) is 1. The second kappa shape index (κ2) is 11.9. The van der Waals surface area contributed by atoms with Gasteiger partial charge in [0.25, 0.3) is 0 Å². The van der Waals surface area contributed by atoms with Crippen molar-refractivity contribution < 1.29 is 14.3 Å². The zero-order chi connectivity index (χ0) is 23.8. The fourth-order valence-corrected chi connectivity index (χ4v) is 4.93. The van der Waals surface area contributed by atoms with Crippen LogP contribution in [0.1, 0.15) is 29.6 Å². The van der Waals surface area contributed by atoms with Crippen LogP contribution in [0.3, 0.4) is 0 Å². The number of amides is 1. The van der Waals surface area contributed by atoms with Gasteiger partial charge >= 0.3 is 0 Å². The van der Waals surface area contributed by atoms with Crippen molar-refractivity contribution in [2.75, 3.05) is 69.3 Å². The molecule has 0 unspecified atom stereocenters. The number of benzene rings is 2. The summed E-state index contributed by atoms with van der Waals surface area (Å²) in [5.41, 5.74) is 2.98. The Labute approximate surface area is 202 Å². The molecule has 0 spiro atoms. The van der Waals surface area contributed by atoms with Crippen molar-refractivity contribution in [3.8, 4) is 5.75 Å². The average molecular weight is 465 g/mol. The Morgan fingerprint density at radius 2 is 1.68 bits per heavy atom. The summed E-state index contributed by atoms with van der Waals surface area (Å²) in [7, 11) is 1.72. The molecule has 1 N–H and O–H groups in total. The molecule has 0 saturated carbocycles. The van der Waals surface area contributed by atoms with Crippen LogP contribution in [0.4, 0.5) is 11.4 Å². The third kappa shape index (κ3) is 6.08. The predicted molar refractivity (Wildman–Crippen MR) is 136 cm³/mol. The second-order valence-corrected chi connectivity index (χ2v) is 9.12. The molecule has 34 heavy (non-hydrogen) atoms. The fourth-order valence-electron chi connectivity index (χ4n) is 4.93. The molecule has 4 rings (SSSR count). The molecule has 0 radical (unpaired) electrons. The summed E-state index contributed by atoms with van der Waals surface area (Å²) in [5.74, 6) is 1.21. The highest BCUT2D eigenvalue weighted by Gasteiger charge is 2.25. The molecule has 0 atom stereocenters. The summed E-state index contributed by atoms with van der Waals surface area (Å²) >= 11 is 0. The van der Waals surface area contributed by atoms with Gasteiger partial charge in [-0.1, -0.05) is 12.1 Å². The van der Waals surface area contributed by atoms with Gasteiger partial charge in [-0.25, -0.2) is 0 Å². The minimum absolute atomic E-state index is 0.0925. The van der Waals surface area contributed by atoms with Crippen LogP contribution in [0.25, 0.3) is 0 Å². The van der Waals surface area contributed by atoms with Gasteiger partial charge in [-0.15, -0.1) is 0 Å². The molecule has 2 saturated heterocycles. The number of hydrogen-bond acceptors (Lipinski definition) is 6. The Morgan fingerprint density at radius 3 is 2.35 bits per heavy atom. The van der Waals surface area contributed by atoms with Crippen LogP contribution >= 0.6 is 0 Å². The van der Waals surface area contributed by atoms with E-state index in [1.165, 1.54) is 5.69 Å². The van der Waals surface area contributed by atoms with Crippen LogP contribution in [-0.4, -0.2) is 76.6 Å². The summed E-state index contributed by atoms with van der Waals surface area (Å²) in [6.45, 7) is 7.52. The van der Waals surface area contributed by atoms with E-state index in [1.807, 2.05) is 36.4 Å². The lowest BCUT2D eigenvalue weighted by Crippen LogP contribution is -2.47. The second-order valence-electron chi connectivity index (χ2n) is 9.12. The quantitative estimate of drug-likeness (QED) is 0.455. The topological polar surface area (TPSA) is 65.1 Å². The van der Waals surface area contributed by atoms with E-state index in [0.717, 1.165) is 89.3 Å². The number of methoxy groups -OCH3 is 1. The Kier molecular flexibility index (Phi) is 8.41. The summed E-state index contributed by atoms with van der Waals surface area (Å²) in [6, 6.07) is 15.9. The molecular formula is C27H36N4O3. The highest BCUT2D eigenvalue weighted by atomic mass is 16.5. The fraction of sp³-hybridized carbons (Fsp3) is 0.481. The number of aldehydes is 1. The standard InChI is InChI=1S/C27H36N4O3/c1-34-26-6-3-2-5-25(26)31-19-17-29(18-20-31)14-4-13-28-27(33)23-11-15-30(16-12-23)24-9-7-22(21-32)8-10-24/h2-3,5-10,21,23H,4,11-20H2,1H3,(H,28,33). The summed E-state index contributed by atoms with van der Waals surface area (Å²) in [5, 5.41) is 3.16. The molecule has 0 aliphatic carbocycles. The maximum Gasteiger partial charge on any atom is 0.223 e. The Balaban J connectivity index is 1.11. The number of carbonyl (C=O) groups excluding carboxylic acids is 2. The van der Waals surface area contributed by atoms with Crippen molar-refractivity contribution >= 4 is 23.6 Å². The third-order valence-electron chi connectivity index (χ3n) is 7.01. The molecular weight excluding hydrogens is 428 g/mol. The van der Waals surface area contributed by atoms with E-state index in [9.17, 15) is 9.59 Å². The van der Waals surface area contributed by atoms with Crippen LogP contribution in [0.15, 0.2) is 48.5 Å². The van der Waals surface area contributed by atoms with E-state index in [2.05, 4.69) is 32.1 Å². The first-order valence-electron chi connectivity index (χ1n) is 12.4. The predicted octanol–water partition coefficient (Wildman–Crippen LogP) is 3.05. The molecule has 0 bridgehead atoms. The molecule has 2 aromatic carbocycles. The summed E-state index contributed by atoms with van der Waals surface area (Å²) < 4.78 is 5.50. The Bertz CT molecular complexity index is 933. The van der Waals surface area contributed by atoms with Crippen molar-refractivity contribution in [2.45, 2.75) is 19.3 Å². The first-order chi connectivity index (χ1) is 16.7. The molecule has 182 valence electrons. The monoisotopic (exact) mass is 464 g/mol. The van der Waals surface area contributed by atoms with Gasteiger partial charge in [0.05, 0.1) is 12.8 Å². The van der Waals surface area contributed by atoms with Crippen LogP contribution in [0, 0.1) is 5.92 Å². The van der Waals surface area contributed by atoms with Gasteiger partial charge in [0.2, 0.25) is 5.91 Å². The maximum absolute atomic E-state index is 12.6. The molecule has 0 aromatic heterocycles. The van der Waals surface area contributed by atoms with Crippen LogP contribution in [0.5, 0.6) is 5.75 Å². The Morgan fingerprint density at radius 1 is 0.971 bits per heavy atom. The highest BCUT2D eigenvalue weighted by molar-refractivity contribution is 5.79. The average Bonchev–Trinajstić information content (AvgIpc) is 2.91. The number of carbonyl (C=O) groups is 2. The van der Waals surface area contributed by atoms with Crippen molar-refractivity contribution in [1.82, 2.24) is 10.2 Å². The van der Waals surface area contributed by atoms with Crippen molar-refractivity contribution in [2.24, 2.45) is 5.92 Å². The van der Waals surface area contributed by atoms with Gasteiger partial charge in [-0.2, -0.15) is 0 Å². The van der Waals surface area contributed by atoms with Crippen LogP contribution < -0.4 is 19.9 Å². The largest absolute Gasteiger partial charge is 0.495 e. The lowest BCUT2D eigenvalue weighted by molar-refractivity contribution is -0.125. The zero-order valence-electron chi connectivity index (χ0n) is 20.1. The molecule has 1 amide bonds. The number of piperidine rings is 1.